The molecule has 7 heteroatoms. The molecule has 0 spiro atoms. The Kier molecular flexibility index (Phi) is 5.78. The van der Waals surface area contributed by atoms with E-state index in [4.69, 9.17) is 9.94 Å². The van der Waals surface area contributed by atoms with E-state index in [9.17, 15) is 9.59 Å². The minimum absolute atomic E-state index is 0.0690. The first-order valence-corrected chi connectivity index (χ1v) is 9.97. The standard InChI is InChI=1S/C22H25N3O4/c26-21(24-18-9-10-23-13-18)14-3-6-19(7-4-14)29-20-8-5-15-11-17(22(27)25-28)2-1-16(15)12-20/h3-8,12,17-18,23,28H,1-2,9-11,13H2,(H,24,26)(H,25,27). The van der Waals surface area contributed by atoms with Crippen LogP contribution in [0, 0.1) is 5.92 Å². The van der Waals surface area contributed by atoms with Crippen molar-refractivity contribution < 1.29 is 19.5 Å². The van der Waals surface area contributed by atoms with Crippen molar-refractivity contribution in [1.82, 2.24) is 16.1 Å². The quantitative estimate of drug-likeness (QED) is 0.459. The lowest BCUT2D eigenvalue weighted by Gasteiger charge is -2.23. The van der Waals surface area contributed by atoms with Gasteiger partial charge in [-0.3, -0.25) is 14.8 Å². The summed E-state index contributed by atoms with van der Waals surface area (Å²) < 4.78 is 5.95. The Labute approximate surface area is 169 Å². The Bertz CT molecular complexity index is 891. The van der Waals surface area contributed by atoms with Crippen LogP contribution in [0.3, 0.4) is 0 Å². The van der Waals surface area contributed by atoms with Gasteiger partial charge in [-0.2, -0.15) is 0 Å². The summed E-state index contributed by atoms with van der Waals surface area (Å²) in [4.78, 5) is 23.9. The van der Waals surface area contributed by atoms with Gasteiger partial charge in [-0.15, -0.1) is 0 Å². The fourth-order valence-electron chi connectivity index (χ4n) is 3.97. The SMILES string of the molecule is O=C(NC1CCNC1)c1ccc(Oc2ccc3c(c2)CCC(C(=O)NO)C3)cc1. The summed E-state index contributed by atoms with van der Waals surface area (Å²) in [6.45, 7) is 1.75. The van der Waals surface area contributed by atoms with Crippen LogP contribution in [0.2, 0.25) is 0 Å². The number of nitrogens with one attached hydrogen (secondary N) is 3. The molecule has 2 aromatic carbocycles. The number of aryl methyl sites for hydroxylation is 1. The first kappa shape index (κ1) is 19.4. The van der Waals surface area contributed by atoms with Crippen LogP contribution in [0.4, 0.5) is 0 Å². The number of fused-ring (bicyclic) bond motifs is 1. The molecular formula is C22H25N3O4. The molecule has 4 rings (SSSR count). The summed E-state index contributed by atoms with van der Waals surface area (Å²) in [6.07, 6.45) is 3.03. The fourth-order valence-corrected chi connectivity index (χ4v) is 3.97. The monoisotopic (exact) mass is 395 g/mol. The van der Waals surface area contributed by atoms with Gasteiger partial charge in [-0.25, -0.2) is 5.48 Å². The summed E-state index contributed by atoms with van der Waals surface area (Å²) in [5.41, 5.74) is 4.62. The van der Waals surface area contributed by atoms with Gasteiger partial charge in [-0.05, 0) is 79.8 Å². The van der Waals surface area contributed by atoms with E-state index >= 15 is 0 Å². The summed E-state index contributed by atoms with van der Waals surface area (Å²) in [5.74, 6) is 0.795. The van der Waals surface area contributed by atoms with Gasteiger partial charge in [0.15, 0.2) is 0 Å². The third kappa shape index (κ3) is 4.58. The van der Waals surface area contributed by atoms with E-state index in [2.05, 4.69) is 10.6 Å². The van der Waals surface area contributed by atoms with Crippen LogP contribution in [0.1, 0.15) is 34.3 Å². The van der Waals surface area contributed by atoms with Gasteiger partial charge < -0.3 is 15.4 Å². The van der Waals surface area contributed by atoms with Crippen LogP contribution in [-0.2, 0) is 17.6 Å². The average molecular weight is 395 g/mol. The Morgan fingerprint density at radius 2 is 1.83 bits per heavy atom. The number of hydroxylamine groups is 1. The number of benzene rings is 2. The molecule has 0 bridgehead atoms. The second-order valence-corrected chi connectivity index (χ2v) is 7.64. The molecule has 29 heavy (non-hydrogen) atoms. The molecule has 0 saturated carbocycles. The van der Waals surface area contributed by atoms with Crippen molar-refractivity contribution in [3.63, 3.8) is 0 Å². The van der Waals surface area contributed by atoms with Crippen molar-refractivity contribution in [3.05, 3.63) is 59.2 Å². The lowest BCUT2D eigenvalue weighted by molar-refractivity contribution is -0.133. The molecule has 152 valence electrons. The highest BCUT2D eigenvalue weighted by atomic mass is 16.5. The molecule has 4 N–H and O–H groups in total. The van der Waals surface area contributed by atoms with E-state index < -0.39 is 0 Å². The van der Waals surface area contributed by atoms with Gasteiger partial charge in [0, 0.05) is 24.1 Å². The Morgan fingerprint density at radius 3 is 2.55 bits per heavy atom. The smallest absolute Gasteiger partial charge is 0.251 e. The molecule has 1 heterocycles. The van der Waals surface area contributed by atoms with Gasteiger partial charge in [0.25, 0.3) is 5.91 Å². The van der Waals surface area contributed by atoms with E-state index in [1.807, 2.05) is 18.2 Å². The van der Waals surface area contributed by atoms with Crippen LogP contribution < -0.4 is 20.9 Å². The molecule has 0 aromatic heterocycles. The zero-order valence-electron chi connectivity index (χ0n) is 16.1. The average Bonchev–Trinajstić information content (AvgIpc) is 3.26. The molecule has 2 amide bonds. The number of carbonyl (C=O) groups is 2. The van der Waals surface area contributed by atoms with E-state index in [1.54, 1.807) is 29.7 Å². The highest BCUT2D eigenvalue weighted by molar-refractivity contribution is 5.94. The van der Waals surface area contributed by atoms with Crippen molar-refractivity contribution in [1.29, 1.82) is 0 Å². The Balaban J connectivity index is 1.38. The zero-order chi connectivity index (χ0) is 20.2. The normalized spacial score (nSPS) is 20.6. The minimum atomic E-state index is -0.329. The fraction of sp³-hybridized carbons (Fsp3) is 0.364. The first-order chi connectivity index (χ1) is 14.1. The highest BCUT2D eigenvalue weighted by Crippen LogP contribution is 2.30. The van der Waals surface area contributed by atoms with Crippen molar-refractivity contribution in [2.45, 2.75) is 31.7 Å². The number of rotatable bonds is 5. The highest BCUT2D eigenvalue weighted by Gasteiger charge is 2.24. The third-order valence-corrected chi connectivity index (χ3v) is 5.63. The Morgan fingerprint density at radius 1 is 1.03 bits per heavy atom. The van der Waals surface area contributed by atoms with E-state index in [0.717, 1.165) is 42.8 Å². The van der Waals surface area contributed by atoms with E-state index in [0.29, 0.717) is 24.2 Å². The maximum atomic E-state index is 12.3. The first-order valence-electron chi connectivity index (χ1n) is 9.97. The van der Waals surface area contributed by atoms with Gasteiger partial charge in [0.2, 0.25) is 5.91 Å². The van der Waals surface area contributed by atoms with Crippen LogP contribution >= 0.6 is 0 Å². The van der Waals surface area contributed by atoms with Crippen LogP contribution in [0.15, 0.2) is 42.5 Å². The molecule has 2 aliphatic rings. The second-order valence-electron chi connectivity index (χ2n) is 7.64. The molecule has 1 saturated heterocycles. The topological polar surface area (TPSA) is 99.7 Å². The zero-order valence-corrected chi connectivity index (χ0v) is 16.1. The number of amides is 2. The van der Waals surface area contributed by atoms with Crippen LogP contribution in [0.25, 0.3) is 0 Å². The molecule has 2 atom stereocenters. The predicted octanol–water partition coefficient (Wildman–Crippen LogP) is 2.18. The summed E-state index contributed by atoms with van der Waals surface area (Å²) in [7, 11) is 0. The molecule has 1 fully saturated rings. The van der Waals surface area contributed by atoms with Gasteiger partial charge in [-0.1, -0.05) is 6.07 Å². The van der Waals surface area contributed by atoms with E-state index in [-0.39, 0.29) is 23.8 Å². The molecule has 0 radical (unpaired) electrons. The number of hydrogen-bond donors (Lipinski definition) is 4. The van der Waals surface area contributed by atoms with Gasteiger partial charge in [0.1, 0.15) is 11.5 Å². The van der Waals surface area contributed by atoms with E-state index in [1.165, 1.54) is 0 Å². The molecule has 7 nitrogen and oxygen atoms in total. The maximum Gasteiger partial charge on any atom is 0.251 e. The second kappa shape index (κ2) is 8.63. The predicted molar refractivity (Wildman–Crippen MR) is 107 cm³/mol. The lowest BCUT2D eigenvalue weighted by Crippen LogP contribution is -2.36. The van der Waals surface area contributed by atoms with Gasteiger partial charge >= 0.3 is 0 Å². The van der Waals surface area contributed by atoms with Crippen LogP contribution in [0.5, 0.6) is 11.5 Å². The van der Waals surface area contributed by atoms with Crippen LogP contribution in [-0.4, -0.2) is 36.2 Å². The molecular weight excluding hydrogens is 370 g/mol. The van der Waals surface area contributed by atoms with Crippen molar-refractivity contribution >= 4 is 11.8 Å². The maximum absolute atomic E-state index is 12.3. The molecule has 2 aromatic rings. The number of carbonyl (C=O) groups excluding carboxylic acids is 2. The number of hydrogen-bond acceptors (Lipinski definition) is 5. The lowest BCUT2D eigenvalue weighted by atomic mass is 9.83. The molecule has 2 unspecified atom stereocenters. The van der Waals surface area contributed by atoms with Crippen molar-refractivity contribution in [3.8, 4) is 11.5 Å². The summed E-state index contributed by atoms with van der Waals surface area (Å²) >= 11 is 0. The molecule has 1 aliphatic carbocycles. The number of ether oxygens (including phenoxy) is 1. The minimum Gasteiger partial charge on any atom is -0.457 e. The van der Waals surface area contributed by atoms with Gasteiger partial charge in [0.05, 0.1) is 0 Å². The summed E-state index contributed by atoms with van der Waals surface area (Å²) in [5, 5.41) is 15.1. The largest absolute Gasteiger partial charge is 0.457 e. The van der Waals surface area contributed by atoms with Crippen molar-refractivity contribution in [2.75, 3.05) is 13.1 Å². The Hall–Kier alpha value is -2.90. The summed E-state index contributed by atoms with van der Waals surface area (Å²) in [6, 6.07) is 13.2. The molecule has 1 aliphatic heterocycles. The third-order valence-electron chi connectivity index (χ3n) is 5.63. The van der Waals surface area contributed by atoms with Crippen molar-refractivity contribution in [2.24, 2.45) is 5.92 Å².